The average Bonchev–Trinajstić information content (AvgIpc) is 3.13. The molecule has 2 aliphatic rings. The number of aromatic nitrogens is 4. The van der Waals surface area contributed by atoms with Crippen LogP contribution in [0.3, 0.4) is 0 Å². The average molecular weight is 432 g/mol. The predicted octanol–water partition coefficient (Wildman–Crippen LogP) is 3.24. The van der Waals surface area contributed by atoms with Crippen LogP contribution in [0.4, 0.5) is 19.0 Å². The first-order chi connectivity index (χ1) is 14.8. The standard InChI is InChI=1S/C20H19F3N6O2/c21-20(22,23)15-2-1-7-29(15)19(31)14-8-13(26-27-14)12-5-6-17-24-16(10-28(17)9-12)25-18(30)11-3-4-11/h5-6,8-11,15H,1-4,7H2,(H,25,30)(H,26,27). The van der Waals surface area contributed by atoms with Crippen LogP contribution in [-0.2, 0) is 4.79 Å². The Bertz CT molecular complexity index is 1160. The van der Waals surface area contributed by atoms with Crippen LogP contribution in [0.25, 0.3) is 16.9 Å². The van der Waals surface area contributed by atoms with Gasteiger partial charge in [0, 0.05) is 24.2 Å². The highest BCUT2D eigenvalue weighted by Crippen LogP contribution is 2.34. The molecule has 31 heavy (non-hydrogen) atoms. The van der Waals surface area contributed by atoms with Crippen molar-refractivity contribution in [2.45, 2.75) is 37.9 Å². The van der Waals surface area contributed by atoms with E-state index in [0.717, 1.165) is 17.7 Å². The quantitative estimate of drug-likeness (QED) is 0.662. The Morgan fingerprint density at radius 2 is 1.97 bits per heavy atom. The minimum Gasteiger partial charge on any atom is -0.325 e. The Morgan fingerprint density at radius 1 is 1.16 bits per heavy atom. The summed E-state index contributed by atoms with van der Waals surface area (Å²) >= 11 is 0. The number of halogens is 3. The summed E-state index contributed by atoms with van der Waals surface area (Å²) < 4.78 is 41.3. The van der Waals surface area contributed by atoms with E-state index in [9.17, 15) is 22.8 Å². The third-order valence-corrected chi connectivity index (χ3v) is 5.65. The number of imidazole rings is 1. The van der Waals surface area contributed by atoms with Crippen molar-refractivity contribution < 1.29 is 22.8 Å². The third-order valence-electron chi connectivity index (χ3n) is 5.65. The van der Waals surface area contributed by atoms with Gasteiger partial charge in [-0.05, 0) is 43.9 Å². The molecular formula is C20H19F3N6O2. The maximum Gasteiger partial charge on any atom is 0.408 e. The molecule has 1 saturated carbocycles. The molecule has 0 aromatic carbocycles. The molecule has 2 amide bonds. The fourth-order valence-electron chi connectivity index (χ4n) is 3.86. The van der Waals surface area contributed by atoms with Crippen molar-refractivity contribution in [1.82, 2.24) is 24.5 Å². The van der Waals surface area contributed by atoms with E-state index in [1.165, 1.54) is 6.07 Å². The molecule has 4 heterocycles. The molecule has 2 N–H and O–H groups in total. The second kappa shape index (κ2) is 7.10. The minimum atomic E-state index is -4.45. The molecule has 3 aromatic rings. The second-order valence-corrected chi connectivity index (χ2v) is 7.94. The molecule has 3 aromatic heterocycles. The number of pyridine rings is 1. The molecule has 1 unspecified atom stereocenters. The van der Waals surface area contributed by atoms with E-state index >= 15 is 0 Å². The lowest BCUT2D eigenvalue weighted by molar-refractivity contribution is -0.169. The van der Waals surface area contributed by atoms with E-state index in [1.807, 2.05) is 0 Å². The molecular weight excluding hydrogens is 413 g/mol. The van der Waals surface area contributed by atoms with Gasteiger partial charge in [-0.25, -0.2) is 4.98 Å². The monoisotopic (exact) mass is 432 g/mol. The molecule has 0 spiro atoms. The molecule has 162 valence electrons. The molecule has 1 aliphatic carbocycles. The van der Waals surface area contributed by atoms with Gasteiger partial charge < -0.3 is 14.6 Å². The van der Waals surface area contributed by atoms with Crippen molar-refractivity contribution in [3.05, 3.63) is 36.3 Å². The number of nitrogens with zero attached hydrogens (tertiary/aromatic N) is 4. The fraction of sp³-hybridized carbons (Fsp3) is 0.400. The van der Waals surface area contributed by atoms with Crippen LogP contribution in [0.2, 0.25) is 0 Å². The zero-order chi connectivity index (χ0) is 21.8. The van der Waals surface area contributed by atoms with Gasteiger partial charge in [-0.2, -0.15) is 18.3 Å². The van der Waals surface area contributed by atoms with Crippen molar-refractivity contribution in [2.24, 2.45) is 5.92 Å². The van der Waals surface area contributed by atoms with Crippen LogP contribution in [0, 0.1) is 5.92 Å². The number of fused-ring (bicyclic) bond motifs is 1. The number of aromatic amines is 1. The number of hydrogen-bond acceptors (Lipinski definition) is 4. The lowest BCUT2D eigenvalue weighted by atomic mass is 10.2. The van der Waals surface area contributed by atoms with Gasteiger partial charge in [-0.1, -0.05) is 0 Å². The normalized spacial score (nSPS) is 19.2. The molecule has 0 radical (unpaired) electrons. The Balaban J connectivity index is 1.36. The molecule has 1 saturated heterocycles. The fourth-order valence-corrected chi connectivity index (χ4v) is 3.86. The van der Waals surface area contributed by atoms with E-state index in [0.29, 0.717) is 29.1 Å². The number of H-pyrrole nitrogens is 1. The van der Waals surface area contributed by atoms with E-state index in [1.54, 1.807) is 28.9 Å². The zero-order valence-electron chi connectivity index (χ0n) is 16.3. The van der Waals surface area contributed by atoms with Crippen LogP contribution >= 0.6 is 0 Å². The Hall–Kier alpha value is -3.37. The first-order valence-corrected chi connectivity index (χ1v) is 10.0. The summed E-state index contributed by atoms with van der Waals surface area (Å²) in [5.41, 5.74) is 1.72. The number of hydrogen-bond donors (Lipinski definition) is 2. The highest BCUT2D eigenvalue weighted by molar-refractivity contribution is 5.94. The number of alkyl halides is 3. The molecule has 1 aliphatic heterocycles. The maximum atomic E-state index is 13.2. The Kier molecular flexibility index (Phi) is 4.49. The van der Waals surface area contributed by atoms with Crippen molar-refractivity contribution >= 4 is 23.3 Å². The summed E-state index contributed by atoms with van der Waals surface area (Å²) in [5.74, 6) is -0.272. The summed E-state index contributed by atoms with van der Waals surface area (Å²) in [5, 5.41) is 9.45. The summed E-state index contributed by atoms with van der Waals surface area (Å²) in [7, 11) is 0. The Labute approximate surface area is 174 Å². The maximum absolute atomic E-state index is 13.2. The van der Waals surface area contributed by atoms with E-state index in [2.05, 4.69) is 20.5 Å². The number of anilines is 1. The van der Waals surface area contributed by atoms with Crippen molar-refractivity contribution in [3.63, 3.8) is 0 Å². The number of carbonyl (C=O) groups excluding carboxylic acids is 2. The first kappa shape index (κ1) is 19.6. The van der Waals surface area contributed by atoms with Crippen molar-refractivity contribution in [1.29, 1.82) is 0 Å². The van der Waals surface area contributed by atoms with Crippen LogP contribution < -0.4 is 5.32 Å². The van der Waals surface area contributed by atoms with Crippen LogP contribution in [0.5, 0.6) is 0 Å². The van der Waals surface area contributed by atoms with E-state index in [-0.39, 0.29) is 30.5 Å². The van der Waals surface area contributed by atoms with Crippen LogP contribution in [0.1, 0.15) is 36.2 Å². The predicted molar refractivity (Wildman–Crippen MR) is 104 cm³/mol. The zero-order valence-corrected chi connectivity index (χ0v) is 16.3. The number of rotatable bonds is 4. The highest BCUT2D eigenvalue weighted by atomic mass is 19.4. The molecule has 11 heteroatoms. The number of likely N-dealkylation sites (tertiary alicyclic amines) is 1. The SMILES string of the molecule is O=C(Nc1cn2cc(-c3cc(C(=O)N4CCCC4C(F)(F)F)n[nH]3)ccc2n1)C1CC1. The number of nitrogens with one attached hydrogen (secondary N) is 2. The van der Waals surface area contributed by atoms with Gasteiger partial charge in [0.05, 0.1) is 11.9 Å². The summed E-state index contributed by atoms with van der Waals surface area (Å²) in [4.78, 5) is 29.7. The summed E-state index contributed by atoms with van der Waals surface area (Å²) in [6.07, 6.45) is 0.972. The van der Waals surface area contributed by atoms with E-state index < -0.39 is 18.1 Å². The summed E-state index contributed by atoms with van der Waals surface area (Å²) in [6.45, 7) is 0.0571. The molecule has 0 bridgehead atoms. The van der Waals surface area contributed by atoms with E-state index in [4.69, 9.17) is 0 Å². The topological polar surface area (TPSA) is 95.4 Å². The summed E-state index contributed by atoms with van der Waals surface area (Å²) in [6, 6.07) is 3.17. The number of amides is 2. The molecule has 8 nitrogen and oxygen atoms in total. The van der Waals surface area contributed by atoms with Gasteiger partial charge in [0.2, 0.25) is 5.91 Å². The third kappa shape index (κ3) is 3.75. The molecule has 2 fully saturated rings. The van der Waals surface area contributed by atoms with Crippen molar-refractivity contribution in [3.8, 4) is 11.3 Å². The first-order valence-electron chi connectivity index (χ1n) is 10.0. The largest absolute Gasteiger partial charge is 0.408 e. The smallest absolute Gasteiger partial charge is 0.325 e. The van der Waals surface area contributed by atoms with Gasteiger partial charge in [0.25, 0.3) is 5.91 Å². The van der Waals surface area contributed by atoms with Crippen molar-refractivity contribution in [2.75, 3.05) is 11.9 Å². The van der Waals surface area contributed by atoms with Gasteiger partial charge in [0.1, 0.15) is 11.7 Å². The van der Waals surface area contributed by atoms with Crippen LogP contribution in [-0.4, -0.2) is 55.1 Å². The van der Waals surface area contributed by atoms with Gasteiger partial charge in [-0.3, -0.25) is 14.7 Å². The van der Waals surface area contributed by atoms with Gasteiger partial charge >= 0.3 is 6.18 Å². The highest BCUT2D eigenvalue weighted by Gasteiger charge is 2.48. The molecule has 1 atom stereocenters. The lowest BCUT2D eigenvalue weighted by Crippen LogP contribution is -2.44. The lowest BCUT2D eigenvalue weighted by Gasteiger charge is -2.25. The second-order valence-electron chi connectivity index (χ2n) is 7.94. The van der Waals surface area contributed by atoms with Crippen LogP contribution in [0.15, 0.2) is 30.6 Å². The van der Waals surface area contributed by atoms with Gasteiger partial charge in [0.15, 0.2) is 11.5 Å². The molecule has 5 rings (SSSR count). The minimum absolute atomic E-state index is 0.0422. The van der Waals surface area contributed by atoms with Gasteiger partial charge in [-0.15, -0.1) is 0 Å². The number of carbonyl (C=O) groups is 2. The Morgan fingerprint density at radius 3 is 2.71 bits per heavy atom.